The number of carbonyl (C=O) groups excluding carboxylic acids is 1. The first-order valence-corrected chi connectivity index (χ1v) is 8.95. The summed E-state index contributed by atoms with van der Waals surface area (Å²) in [5.41, 5.74) is 0. The van der Waals surface area contributed by atoms with Crippen LogP contribution in [0.2, 0.25) is 0 Å². The largest absolute Gasteiger partial charge is 0.573 e. The highest BCUT2D eigenvalue weighted by Gasteiger charge is 2.31. The third kappa shape index (κ3) is 9.80. The lowest BCUT2D eigenvalue weighted by atomic mass is 10.3. The number of ether oxygens (including phenoxy) is 1. The molecule has 0 aliphatic carbocycles. The van der Waals surface area contributed by atoms with Crippen LogP contribution in [0, 0.1) is 0 Å². The van der Waals surface area contributed by atoms with Crippen molar-refractivity contribution in [2.45, 2.75) is 24.6 Å². The van der Waals surface area contributed by atoms with E-state index in [1.165, 1.54) is 0 Å². The van der Waals surface area contributed by atoms with Gasteiger partial charge in [-0.15, -0.1) is 25.6 Å². The van der Waals surface area contributed by atoms with Crippen molar-refractivity contribution in [2.24, 2.45) is 0 Å². The maximum Gasteiger partial charge on any atom is 0.573 e. The summed E-state index contributed by atoms with van der Waals surface area (Å²) in [6.45, 7) is 3.26. The molecule has 150 valence electrons. The molecule has 1 amide bonds. The summed E-state index contributed by atoms with van der Waals surface area (Å²) in [6, 6.07) is 3.66. The fraction of sp³-hybridized carbons (Fsp3) is 0.500. The fourth-order valence-corrected chi connectivity index (χ4v) is 2.70. The molecule has 1 aromatic carbocycles. The van der Waals surface area contributed by atoms with E-state index in [2.05, 4.69) is 20.1 Å². The Hall–Kier alpha value is -1.56. The Balaban J connectivity index is 0.00000625. The van der Waals surface area contributed by atoms with Crippen molar-refractivity contribution in [1.82, 2.24) is 15.4 Å². The first-order valence-electron chi connectivity index (χ1n) is 7.47. The summed E-state index contributed by atoms with van der Waals surface area (Å²) in [7, 11) is -4.02. The average molecular weight is 420 g/mol. The van der Waals surface area contributed by atoms with Crippen molar-refractivity contribution in [3.63, 3.8) is 0 Å². The lowest BCUT2D eigenvalue weighted by molar-refractivity contribution is -0.274. The second kappa shape index (κ2) is 11.2. The van der Waals surface area contributed by atoms with Gasteiger partial charge < -0.3 is 15.4 Å². The number of benzene rings is 1. The monoisotopic (exact) mass is 419 g/mol. The SMILES string of the molecule is CCCNCCNC(=O)CNS(=O)(=O)c1ccc(OC(F)(F)F)cc1.Cl. The Morgan fingerprint density at radius 2 is 1.73 bits per heavy atom. The van der Waals surface area contributed by atoms with Crippen molar-refractivity contribution >= 4 is 28.3 Å². The van der Waals surface area contributed by atoms with Crippen LogP contribution in [0.25, 0.3) is 0 Å². The number of alkyl halides is 3. The predicted octanol–water partition coefficient (Wildman–Crippen LogP) is 1.40. The minimum atomic E-state index is -4.86. The van der Waals surface area contributed by atoms with E-state index >= 15 is 0 Å². The molecule has 0 aliphatic rings. The molecule has 7 nitrogen and oxygen atoms in total. The first-order chi connectivity index (χ1) is 11.6. The van der Waals surface area contributed by atoms with Crippen LogP contribution in [-0.4, -0.2) is 46.9 Å². The third-order valence-electron chi connectivity index (χ3n) is 2.84. The Bertz CT molecular complexity index is 654. The van der Waals surface area contributed by atoms with Crippen LogP contribution in [0.1, 0.15) is 13.3 Å². The lowest BCUT2D eigenvalue weighted by Crippen LogP contribution is -2.39. The molecule has 0 bridgehead atoms. The van der Waals surface area contributed by atoms with E-state index in [1.54, 1.807) is 0 Å². The molecule has 12 heteroatoms. The maximum absolute atomic E-state index is 12.1. The molecule has 1 aromatic rings. The van der Waals surface area contributed by atoms with Gasteiger partial charge in [-0.05, 0) is 37.2 Å². The zero-order chi connectivity index (χ0) is 18.9. The Morgan fingerprint density at radius 1 is 1.12 bits per heavy atom. The van der Waals surface area contributed by atoms with Crippen molar-refractivity contribution in [2.75, 3.05) is 26.2 Å². The topological polar surface area (TPSA) is 96.5 Å². The minimum Gasteiger partial charge on any atom is -0.406 e. The molecule has 0 atom stereocenters. The van der Waals surface area contributed by atoms with Gasteiger partial charge in [0.25, 0.3) is 0 Å². The van der Waals surface area contributed by atoms with E-state index in [9.17, 15) is 26.4 Å². The van der Waals surface area contributed by atoms with Gasteiger partial charge in [0.2, 0.25) is 15.9 Å². The van der Waals surface area contributed by atoms with Crippen LogP contribution in [0.3, 0.4) is 0 Å². The molecule has 0 fully saturated rings. The quantitative estimate of drug-likeness (QED) is 0.498. The van der Waals surface area contributed by atoms with Gasteiger partial charge in [0, 0.05) is 13.1 Å². The minimum absolute atomic E-state index is 0. The highest BCUT2D eigenvalue weighted by atomic mass is 35.5. The highest BCUT2D eigenvalue weighted by Crippen LogP contribution is 2.23. The van der Waals surface area contributed by atoms with Crippen LogP contribution in [0.5, 0.6) is 5.75 Å². The molecule has 3 N–H and O–H groups in total. The predicted molar refractivity (Wildman–Crippen MR) is 91.7 cm³/mol. The van der Waals surface area contributed by atoms with E-state index in [1.807, 2.05) is 6.92 Å². The van der Waals surface area contributed by atoms with Gasteiger partial charge in [0.1, 0.15) is 5.75 Å². The van der Waals surface area contributed by atoms with E-state index < -0.39 is 34.6 Å². The molecular weight excluding hydrogens is 399 g/mol. The average Bonchev–Trinajstić information content (AvgIpc) is 2.52. The Kier molecular flexibility index (Phi) is 10.5. The van der Waals surface area contributed by atoms with Crippen molar-refractivity contribution in [3.8, 4) is 5.75 Å². The summed E-state index contributed by atoms with van der Waals surface area (Å²) >= 11 is 0. The van der Waals surface area contributed by atoms with E-state index in [4.69, 9.17) is 0 Å². The van der Waals surface area contributed by atoms with E-state index in [0.29, 0.717) is 13.1 Å². The maximum atomic E-state index is 12.1. The van der Waals surface area contributed by atoms with Crippen LogP contribution < -0.4 is 20.1 Å². The van der Waals surface area contributed by atoms with Crippen molar-refractivity contribution < 1.29 is 31.1 Å². The van der Waals surface area contributed by atoms with Crippen LogP contribution in [-0.2, 0) is 14.8 Å². The van der Waals surface area contributed by atoms with Gasteiger partial charge in [-0.25, -0.2) is 13.1 Å². The van der Waals surface area contributed by atoms with Crippen molar-refractivity contribution in [1.29, 1.82) is 0 Å². The molecule has 0 heterocycles. The van der Waals surface area contributed by atoms with Crippen LogP contribution in [0.15, 0.2) is 29.2 Å². The molecular formula is C14H21ClF3N3O4S. The molecule has 0 saturated heterocycles. The number of carbonyl (C=O) groups is 1. The normalized spacial score (nSPS) is 11.5. The van der Waals surface area contributed by atoms with E-state index in [-0.39, 0.29) is 17.3 Å². The zero-order valence-electron chi connectivity index (χ0n) is 13.9. The second-order valence-corrected chi connectivity index (χ2v) is 6.71. The number of sulfonamides is 1. The molecule has 0 saturated carbocycles. The van der Waals surface area contributed by atoms with Gasteiger partial charge in [-0.2, -0.15) is 0 Å². The zero-order valence-corrected chi connectivity index (χ0v) is 15.6. The van der Waals surface area contributed by atoms with Crippen LogP contribution >= 0.6 is 12.4 Å². The summed E-state index contributed by atoms with van der Waals surface area (Å²) < 4.78 is 65.9. The number of amides is 1. The molecule has 0 aromatic heterocycles. The number of rotatable bonds is 10. The van der Waals surface area contributed by atoms with Gasteiger partial charge in [0.15, 0.2) is 0 Å². The van der Waals surface area contributed by atoms with Crippen molar-refractivity contribution in [3.05, 3.63) is 24.3 Å². The van der Waals surface area contributed by atoms with Gasteiger partial charge in [-0.1, -0.05) is 6.92 Å². The van der Waals surface area contributed by atoms with Gasteiger partial charge >= 0.3 is 6.36 Å². The summed E-state index contributed by atoms with van der Waals surface area (Å²) in [6.07, 6.45) is -3.90. The number of nitrogens with one attached hydrogen (secondary N) is 3. The number of hydrogen-bond donors (Lipinski definition) is 3. The third-order valence-corrected chi connectivity index (χ3v) is 4.26. The van der Waals surface area contributed by atoms with Crippen LogP contribution in [0.4, 0.5) is 13.2 Å². The smallest absolute Gasteiger partial charge is 0.406 e. The second-order valence-electron chi connectivity index (χ2n) is 4.94. The molecule has 0 radical (unpaired) electrons. The molecule has 0 spiro atoms. The van der Waals surface area contributed by atoms with Gasteiger partial charge in [-0.3, -0.25) is 4.79 Å². The number of hydrogen-bond acceptors (Lipinski definition) is 5. The van der Waals surface area contributed by atoms with Gasteiger partial charge in [0.05, 0.1) is 11.4 Å². The number of halogens is 4. The summed E-state index contributed by atoms with van der Waals surface area (Å²) in [4.78, 5) is 11.3. The molecule has 26 heavy (non-hydrogen) atoms. The summed E-state index contributed by atoms with van der Waals surface area (Å²) in [5, 5.41) is 5.59. The van der Waals surface area contributed by atoms with E-state index in [0.717, 1.165) is 37.2 Å². The lowest BCUT2D eigenvalue weighted by Gasteiger charge is -2.10. The highest BCUT2D eigenvalue weighted by molar-refractivity contribution is 7.89. The Morgan fingerprint density at radius 3 is 2.27 bits per heavy atom. The fourth-order valence-electron chi connectivity index (χ4n) is 1.72. The molecule has 0 unspecified atom stereocenters. The summed E-state index contributed by atoms with van der Waals surface area (Å²) in [5.74, 6) is -1.05. The molecule has 0 aliphatic heterocycles. The molecule has 1 rings (SSSR count). The standard InChI is InChI=1S/C14H20F3N3O4S.ClH/c1-2-7-18-8-9-19-13(21)10-20-25(22,23)12-5-3-11(4-6-12)24-14(15,16)17;/h3-6,18,20H,2,7-10H2,1H3,(H,19,21);1H. The Labute approximate surface area is 156 Å². The first kappa shape index (κ1) is 24.4.